The van der Waals surface area contributed by atoms with Gasteiger partial charge in [0.2, 0.25) is 11.8 Å². The number of methoxy groups -OCH3 is 1. The van der Waals surface area contributed by atoms with Gasteiger partial charge in [-0.25, -0.2) is 0 Å². The summed E-state index contributed by atoms with van der Waals surface area (Å²) in [5.74, 6) is 1.64. The van der Waals surface area contributed by atoms with Gasteiger partial charge in [0.05, 0.1) is 12.0 Å². The highest BCUT2D eigenvalue weighted by Gasteiger charge is 2.45. The van der Waals surface area contributed by atoms with E-state index < -0.39 is 0 Å². The highest BCUT2D eigenvalue weighted by Crippen LogP contribution is 2.40. The van der Waals surface area contributed by atoms with Crippen LogP contribution in [0, 0.1) is 23.7 Å². The fourth-order valence-corrected chi connectivity index (χ4v) is 8.02. The van der Waals surface area contributed by atoms with Crippen LogP contribution in [-0.2, 0) is 14.3 Å². The van der Waals surface area contributed by atoms with Crippen molar-refractivity contribution in [2.75, 3.05) is 26.7 Å². The number of ether oxygens (including phenoxy) is 1. The second kappa shape index (κ2) is 9.80. The molecule has 0 bridgehead atoms. The summed E-state index contributed by atoms with van der Waals surface area (Å²) in [5, 5.41) is 10.9. The van der Waals surface area contributed by atoms with Gasteiger partial charge in [-0.05, 0) is 57.3 Å². The second-order valence-electron chi connectivity index (χ2n) is 10.7. The first kappa shape index (κ1) is 22.9. The van der Waals surface area contributed by atoms with E-state index in [0.717, 1.165) is 51.7 Å². The average molecular weight is 465 g/mol. The minimum absolute atomic E-state index is 0.00933. The summed E-state index contributed by atoms with van der Waals surface area (Å²) in [4.78, 5) is 28.0. The van der Waals surface area contributed by atoms with E-state index in [0.29, 0.717) is 35.1 Å². The van der Waals surface area contributed by atoms with E-state index in [1.165, 1.54) is 19.3 Å². The molecule has 3 aliphatic heterocycles. The maximum absolute atomic E-state index is 13.5. The summed E-state index contributed by atoms with van der Waals surface area (Å²) in [6.07, 6.45) is 9.20. The van der Waals surface area contributed by atoms with Gasteiger partial charge in [-0.3, -0.25) is 14.9 Å². The Hall–Kier alpha value is -0.830. The zero-order chi connectivity index (χ0) is 22.2. The van der Waals surface area contributed by atoms with Gasteiger partial charge in [-0.2, -0.15) is 0 Å². The highest BCUT2D eigenvalue weighted by atomic mass is 32.2. The van der Waals surface area contributed by atoms with Crippen LogP contribution in [0.1, 0.15) is 58.3 Å². The fraction of sp³-hybridized carbons (Fsp3) is 0.917. The minimum Gasteiger partial charge on any atom is -0.381 e. The first-order valence-corrected chi connectivity index (χ1v) is 13.7. The van der Waals surface area contributed by atoms with Crippen LogP contribution in [0.15, 0.2) is 0 Å². The van der Waals surface area contributed by atoms with Crippen molar-refractivity contribution in [3.63, 3.8) is 0 Å². The molecule has 5 aliphatic rings. The molecule has 7 nitrogen and oxygen atoms in total. The smallest absolute Gasteiger partial charge is 0.226 e. The van der Waals surface area contributed by atoms with Gasteiger partial charge in [-0.1, -0.05) is 12.8 Å². The van der Waals surface area contributed by atoms with Crippen LogP contribution < -0.4 is 16.0 Å². The quantitative estimate of drug-likeness (QED) is 0.577. The number of carbonyl (C=O) groups excluding carboxylic acids is 2. The van der Waals surface area contributed by atoms with Crippen LogP contribution in [0.25, 0.3) is 0 Å². The lowest BCUT2D eigenvalue weighted by molar-refractivity contribution is -0.133. The Morgan fingerprint density at radius 3 is 2.69 bits per heavy atom. The Kier molecular flexibility index (Phi) is 7.03. The topological polar surface area (TPSA) is 82.7 Å². The number of amides is 2. The molecule has 0 aromatic heterocycles. The summed E-state index contributed by atoms with van der Waals surface area (Å²) < 4.78 is 5.87. The predicted molar refractivity (Wildman–Crippen MR) is 126 cm³/mol. The van der Waals surface area contributed by atoms with Gasteiger partial charge in [0, 0.05) is 50.0 Å². The third kappa shape index (κ3) is 4.84. The van der Waals surface area contributed by atoms with Crippen molar-refractivity contribution >= 4 is 23.6 Å². The predicted octanol–water partition coefficient (Wildman–Crippen LogP) is 1.92. The normalized spacial score (nSPS) is 42.4. The first-order valence-electron chi connectivity index (χ1n) is 12.8. The zero-order valence-corrected chi connectivity index (χ0v) is 20.4. The Labute approximate surface area is 196 Å². The highest BCUT2D eigenvalue weighted by molar-refractivity contribution is 8.00. The number of nitrogens with one attached hydrogen (secondary N) is 3. The molecule has 2 saturated carbocycles. The van der Waals surface area contributed by atoms with Crippen LogP contribution in [0.2, 0.25) is 0 Å². The molecule has 8 unspecified atom stereocenters. The number of thioether (sulfide) groups is 1. The fourth-order valence-electron chi connectivity index (χ4n) is 6.56. The van der Waals surface area contributed by atoms with Gasteiger partial charge < -0.3 is 20.3 Å². The Morgan fingerprint density at radius 1 is 1.09 bits per heavy atom. The van der Waals surface area contributed by atoms with E-state index in [9.17, 15) is 9.59 Å². The molecule has 0 spiro atoms. The van der Waals surface area contributed by atoms with Crippen LogP contribution in [0.5, 0.6) is 0 Å². The van der Waals surface area contributed by atoms with E-state index in [2.05, 4.69) is 27.8 Å². The van der Waals surface area contributed by atoms with Crippen LogP contribution in [0.3, 0.4) is 0 Å². The lowest BCUT2D eigenvalue weighted by Gasteiger charge is -2.44. The summed E-state index contributed by atoms with van der Waals surface area (Å²) in [6.45, 7) is 4.64. The lowest BCUT2D eigenvalue weighted by Crippen LogP contribution is -2.55. The molecule has 8 atom stereocenters. The van der Waals surface area contributed by atoms with E-state index >= 15 is 0 Å². The first-order chi connectivity index (χ1) is 15.5. The van der Waals surface area contributed by atoms with Gasteiger partial charge in [0.15, 0.2) is 0 Å². The number of hydrogen-bond donors (Lipinski definition) is 3. The number of piperidine rings is 2. The maximum atomic E-state index is 13.5. The van der Waals surface area contributed by atoms with Crippen molar-refractivity contribution in [1.29, 1.82) is 0 Å². The molecule has 180 valence electrons. The van der Waals surface area contributed by atoms with E-state index in [1.54, 1.807) is 11.8 Å². The molecule has 0 aromatic carbocycles. The Bertz CT molecular complexity index is 705. The average Bonchev–Trinajstić information content (AvgIpc) is 3.58. The molecule has 5 fully saturated rings. The van der Waals surface area contributed by atoms with Crippen molar-refractivity contribution < 1.29 is 14.3 Å². The Morgan fingerprint density at radius 2 is 1.91 bits per heavy atom. The third-order valence-corrected chi connectivity index (χ3v) is 9.87. The number of likely N-dealkylation sites (tertiary alicyclic amines) is 1. The molecular formula is C24H40N4O3S. The summed E-state index contributed by atoms with van der Waals surface area (Å²) >= 11 is 1.80. The maximum Gasteiger partial charge on any atom is 0.226 e. The molecule has 3 N–H and O–H groups in total. The van der Waals surface area contributed by atoms with Crippen molar-refractivity contribution in [3.05, 3.63) is 0 Å². The Balaban J connectivity index is 1.19. The van der Waals surface area contributed by atoms with Crippen molar-refractivity contribution in [1.82, 2.24) is 20.9 Å². The van der Waals surface area contributed by atoms with E-state index in [-0.39, 0.29) is 29.3 Å². The molecule has 5 rings (SSSR count). The lowest BCUT2D eigenvalue weighted by atomic mass is 9.68. The molecular weight excluding hydrogens is 424 g/mol. The van der Waals surface area contributed by atoms with Gasteiger partial charge in [0.25, 0.3) is 0 Å². The third-order valence-electron chi connectivity index (χ3n) is 8.52. The van der Waals surface area contributed by atoms with Crippen molar-refractivity contribution in [3.8, 4) is 0 Å². The van der Waals surface area contributed by atoms with Crippen molar-refractivity contribution in [2.45, 2.75) is 87.2 Å². The summed E-state index contributed by atoms with van der Waals surface area (Å²) in [7, 11) is 1.83. The molecule has 3 saturated heterocycles. The van der Waals surface area contributed by atoms with Gasteiger partial charge in [-0.15, -0.1) is 11.8 Å². The van der Waals surface area contributed by atoms with Crippen LogP contribution >= 0.6 is 11.8 Å². The standard InChI is InChI=1S/C24H40N4O3S/c1-14-11-17(16-5-3-4-6-20(16)31-2)18(12-25-14)22(29)27-24-26-19-9-10-28(13-21(19)32-24)23(30)15-7-8-15/h14-21,24-26H,3-13H2,1-2H3,(H,27,29). The zero-order valence-electron chi connectivity index (χ0n) is 19.6. The molecule has 3 heterocycles. The molecule has 2 aliphatic carbocycles. The minimum atomic E-state index is -0.0574. The number of nitrogens with zero attached hydrogens (tertiary/aromatic N) is 1. The number of fused-ring (bicyclic) bond motifs is 1. The van der Waals surface area contributed by atoms with Gasteiger partial charge in [0.1, 0.15) is 5.50 Å². The number of carbonyl (C=O) groups is 2. The molecule has 32 heavy (non-hydrogen) atoms. The van der Waals surface area contributed by atoms with Crippen molar-refractivity contribution in [2.24, 2.45) is 23.7 Å². The van der Waals surface area contributed by atoms with Crippen LogP contribution in [0.4, 0.5) is 0 Å². The van der Waals surface area contributed by atoms with Crippen LogP contribution in [-0.4, -0.2) is 72.4 Å². The number of rotatable bonds is 5. The van der Waals surface area contributed by atoms with E-state index in [4.69, 9.17) is 4.74 Å². The SMILES string of the molecule is COC1CCCCC1C1CC(C)NCC1C(=O)NC1NC2CCN(C(=O)C3CC3)CC2S1. The van der Waals surface area contributed by atoms with E-state index in [1.807, 2.05) is 7.11 Å². The van der Waals surface area contributed by atoms with Gasteiger partial charge >= 0.3 is 0 Å². The molecule has 8 heteroatoms. The summed E-state index contributed by atoms with van der Waals surface area (Å²) in [5.41, 5.74) is -0.0574. The molecule has 0 aromatic rings. The largest absolute Gasteiger partial charge is 0.381 e. The monoisotopic (exact) mass is 464 g/mol. The summed E-state index contributed by atoms with van der Waals surface area (Å²) in [6, 6.07) is 0.824. The number of hydrogen-bond acceptors (Lipinski definition) is 6. The second-order valence-corrected chi connectivity index (χ2v) is 12.1. The molecule has 0 radical (unpaired) electrons. The molecule has 2 amide bonds.